The van der Waals surface area contributed by atoms with Crippen molar-refractivity contribution < 1.29 is 23.0 Å². The molecule has 1 heterocycles. The SMILES string of the molecule is Cc1cc(Br)c(O)c(OC(F)(F)F)n1. The number of aryl methyl sites for hydroxylation is 1. The quantitative estimate of drug-likeness (QED) is 0.854. The van der Waals surface area contributed by atoms with E-state index < -0.39 is 18.0 Å². The van der Waals surface area contributed by atoms with Crippen LogP contribution >= 0.6 is 15.9 Å². The molecule has 3 nitrogen and oxygen atoms in total. The van der Waals surface area contributed by atoms with Crippen LogP contribution in [0, 0.1) is 6.92 Å². The Morgan fingerprint density at radius 2 is 2.07 bits per heavy atom. The van der Waals surface area contributed by atoms with E-state index in [-0.39, 0.29) is 4.47 Å². The van der Waals surface area contributed by atoms with Crippen LogP contribution in [0.15, 0.2) is 10.5 Å². The lowest BCUT2D eigenvalue weighted by Gasteiger charge is -2.10. The summed E-state index contributed by atoms with van der Waals surface area (Å²) in [5.41, 5.74) is 0.300. The number of hydrogen-bond acceptors (Lipinski definition) is 3. The lowest BCUT2D eigenvalue weighted by Crippen LogP contribution is -2.18. The van der Waals surface area contributed by atoms with Gasteiger partial charge in [0.05, 0.1) is 4.47 Å². The molecule has 0 atom stereocenters. The van der Waals surface area contributed by atoms with Gasteiger partial charge in [0.15, 0.2) is 5.75 Å². The van der Waals surface area contributed by atoms with E-state index in [4.69, 9.17) is 5.11 Å². The third-order valence-corrected chi connectivity index (χ3v) is 1.86. The van der Waals surface area contributed by atoms with E-state index in [2.05, 4.69) is 25.7 Å². The molecular formula is C7H5BrF3NO2. The van der Waals surface area contributed by atoms with Crippen molar-refractivity contribution in [3.63, 3.8) is 0 Å². The molecule has 14 heavy (non-hydrogen) atoms. The molecule has 1 N–H and O–H groups in total. The standard InChI is InChI=1S/C7H5BrF3NO2/c1-3-2-4(8)5(13)6(12-3)14-7(9,10)11/h2,13H,1H3. The molecule has 0 saturated heterocycles. The van der Waals surface area contributed by atoms with Crippen LogP contribution in [0.4, 0.5) is 13.2 Å². The number of nitrogens with zero attached hydrogens (tertiary/aromatic N) is 1. The van der Waals surface area contributed by atoms with Crippen LogP contribution in [-0.2, 0) is 0 Å². The number of pyridine rings is 1. The van der Waals surface area contributed by atoms with Crippen molar-refractivity contribution in [1.82, 2.24) is 4.98 Å². The Morgan fingerprint density at radius 3 is 2.57 bits per heavy atom. The van der Waals surface area contributed by atoms with Gasteiger partial charge in [-0.05, 0) is 28.9 Å². The van der Waals surface area contributed by atoms with Crippen LogP contribution in [-0.4, -0.2) is 16.5 Å². The Labute approximate surface area is 85.7 Å². The minimum atomic E-state index is -4.86. The van der Waals surface area contributed by atoms with Gasteiger partial charge in [0.25, 0.3) is 5.88 Å². The van der Waals surface area contributed by atoms with Crippen molar-refractivity contribution in [2.75, 3.05) is 0 Å². The van der Waals surface area contributed by atoms with Crippen molar-refractivity contribution in [1.29, 1.82) is 0 Å². The van der Waals surface area contributed by atoms with Gasteiger partial charge in [-0.2, -0.15) is 0 Å². The second-order valence-corrected chi connectivity index (χ2v) is 3.30. The summed E-state index contributed by atoms with van der Waals surface area (Å²) in [6, 6.07) is 1.37. The van der Waals surface area contributed by atoms with E-state index in [0.29, 0.717) is 5.69 Å². The summed E-state index contributed by atoms with van der Waals surface area (Å²) < 4.78 is 39.0. The van der Waals surface area contributed by atoms with E-state index in [0.717, 1.165) is 0 Å². The van der Waals surface area contributed by atoms with E-state index in [1.165, 1.54) is 13.0 Å². The summed E-state index contributed by atoms with van der Waals surface area (Å²) in [5.74, 6) is -1.53. The highest BCUT2D eigenvalue weighted by molar-refractivity contribution is 9.10. The average molecular weight is 272 g/mol. The lowest BCUT2D eigenvalue weighted by atomic mass is 10.3. The average Bonchev–Trinajstić information content (AvgIpc) is 1.96. The summed E-state index contributed by atoms with van der Waals surface area (Å²) in [6.07, 6.45) is -4.86. The molecule has 0 aliphatic carbocycles. The summed E-state index contributed by atoms with van der Waals surface area (Å²) in [5, 5.41) is 9.15. The molecule has 1 rings (SSSR count). The third kappa shape index (κ3) is 2.76. The van der Waals surface area contributed by atoms with Crippen LogP contribution in [0.25, 0.3) is 0 Å². The number of aromatic nitrogens is 1. The molecule has 0 fully saturated rings. The van der Waals surface area contributed by atoms with Crippen molar-refractivity contribution in [3.8, 4) is 11.6 Å². The van der Waals surface area contributed by atoms with E-state index in [1.807, 2.05) is 0 Å². The molecule has 0 aliphatic rings. The predicted octanol–water partition coefficient (Wildman–Crippen LogP) is 2.76. The topological polar surface area (TPSA) is 42.4 Å². The van der Waals surface area contributed by atoms with Gasteiger partial charge >= 0.3 is 6.36 Å². The number of aromatic hydroxyl groups is 1. The first-order chi connectivity index (χ1) is 6.29. The van der Waals surface area contributed by atoms with Crippen LogP contribution in [0.1, 0.15) is 5.69 Å². The molecule has 0 unspecified atom stereocenters. The second kappa shape index (κ2) is 3.64. The number of ether oxygens (including phenoxy) is 1. The minimum absolute atomic E-state index is 0.101. The van der Waals surface area contributed by atoms with E-state index in [1.54, 1.807) is 0 Å². The second-order valence-electron chi connectivity index (χ2n) is 2.45. The van der Waals surface area contributed by atoms with Crippen LogP contribution in [0.5, 0.6) is 11.6 Å². The maximum Gasteiger partial charge on any atom is 0.574 e. The number of rotatable bonds is 1. The Hall–Kier alpha value is -0.980. The van der Waals surface area contributed by atoms with Crippen LogP contribution < -0.4 is 4.74 Å². The van der Waals surface area contributed by atoms with Gasteiger partial charge in [0.1, 0.15) is 0 Å². The van der Waals surface area contributed by atoms with Crippen molar-refractivity contribution >= 4 is 15.9 Å². The first-order valence-electron chi connectivity index (χ1n) is 3.41. The Kier molecular flexibility index (Phi) is 2.89. The monoisotopic (exact) mass is 271 g/mol. The fourth-order valence-corrected chi connectivity index (χ4v) is 1.28. The first kappa shape index (κ1) is 11.1. The van der Waals surface area contributed by atoms with Crippen molar-refractivity contribution in [2.24, 2.45) is 0 Å². The van der Waals surface area contributed by atoms with Gasteiger partial charge in [-0.3, -0.25) is 0 Å². The van der Waals surface area contributed by atoms with E-state index >= 15 is 0 Å². The van der Waals surface area contributed by atoms with Gasteiger partial charge in [-0.25, -0.2) is 4.98 Å². The molecule has 0 bridgehead atoms. The van der Waals surface area contributed by atoms with Gasteiger partial charge in [-0.15, -0.1) is 13.2 Å². The van der Waals surface area contributed by atoms with Gasteiger partial charge < -0.3 is 9.84 Å². The van der Waals surface area contributed by atoms with Crippen LogP contribution in [0.2, 0.25) is 0 Å². The van der Waals surface area contributed by atoms with Crippen molar-refractivity contribution in [2.45, 2.75) is 13.3 Å². The van der Waals surface area contributed by atoms with Gasteiger partial charge in [0, 0.05) is 5.69 Å². The zero-order valence-electron chi connectivity index (χ0n) is 6.89. The molecule has 0 aliphatic heterocycles. The third-order valence-electron chi connectivity index (χ3n) is 1.25. The Bertz CT molecular complexity index is 354. The number of halogens is 4. The molecule has 7 heteroatoms. The Morgan fingerprint density at radius 1 is 1.50 bits per heavy atom. The fourth-order valence-electron chi connectivity index (χ4n) is 0.780. The normalized spacial score (nSPS) is 11.5. The van der Waals surface area contributed by atoms with Gasteiger partial charge in [0.2, 0.25) is 0 Å². The highest BCUT2D eigenvalue weighted by Crippen LogP contribution is 2.35. The van der Waals surface area contributed by atoms with Crippen molar-refractivity contribution in [3.05, 3.63) is 16.2 Å². The predicted molar refractivity (Wildman–Crippen MR) is 45.0 cm³/mol. The Balaban J connectivity index is 3.09. The summed E-state index contributed by atoms with van der Waals surface area (Å²) in [4.78, 5) is 3.40. The molecule has 0 aromatic carbocycles. The molecule has 0 saturated carbocycles. The number of hydrogen-bond donors (Lipinski definition) is 1. The lowest BCUT2D eigenvalue weighted by molar-refractivity contribution is -0.276. The molecule has 1 aromatic heterocycles. The highest BCUT2D eigenvalue weighted by Gasteiger charge is 2.33. The summed E-state index contributed by atoms with van der Waals surface area (Å²) in [7, 11) is 0. The molecule has 0 spiro atoms. The molecule has 0 amide bonds. The van der Waals surface area contributed by atoms with Gasteiger partial charge in [-0.1, -0.05) is 0 Å². The summed E-state index contributed by atoms with van der Waals surface area (Å²) in [6.45, 7) is 1.48. The number of alkyl halides is 3. The largest absolute Gasteiger partial charge is 0.574 e. The first-order valence-corrected chi connectivity index (χ1v) is 4.21. The maximum absolute atomic E-state index is 11.8. The molecule has 1 aromatic rings. The van der Waals surface area contributed by atoms with E-state index in [9.17, 15) is 13.2 Å². The fraction of sp³-hybridized carbons (Fsp3) is 0.286. The zero-order chi connectivity index (χ0) is 10.9. The highest BCUT2D eigenvalue weighted by atomic mass is 79.9. The molecule has 78 valence electrons. The smallest absolute Gasteiger partial charge is 0.502 e. The summed E-state index contributed by atoms with van der Waals surface area (Å²) >= 11 is 2.87. The minimum Gasteiger partial charge on any atom is -0.502 e. The zero-order valence-corrected chi connectivity index (χ0v) is 8.48. The maximum atomic E-state index is 11.8. The van der Waals surface area contributed by atoms with Crippen LogP contribution in [0.3, 0.4) is 0 Å². The molecular weight excluding hydrogens is 267 g/mol. The molecule has 0 radical (unpaired) electrons.